The molecule has 1 unspecified atom stereocenters. The molecule has 0 bridgehead atoms. The number of piperidine rings is 1. The van der Waals surface area contributed by atoms with Gasteiger partial charge in [-0.15, -0.1) is 5.10 Å². The molecule has 6 nitrogen and oxygen atoms in total. The maximum absolute atomic E-state index is 11.1. The van der Waals surface area contributed by atoms with Crippen LogP contribution in [0.15, 0.2) is 6.07 Å². The van der Waals surface area contributed by atoms with Crippen molar-refractivity contribution < 1.29 is 9.90 Å². The Bertz CT molecular complexity index is 520. The van der Waals surface area contributed by atoms with E-state index in [4.69, 9.17) is 5.11 Å². The molecule has 1 fully saturated rings. The van der Waals surface area contributed by atoms with Gasteiger partial charge in [0.05, 0.1) is 11.6 Å². The number of carbonyl (C=O) groups is 1. The van der Waals surface area contributed by atoms with Crippen LogP contribution in [-0.4, -0.2) is 52.9 Å². The van der Waals surface area contributed by atoms with Crippen LogP contribution >= 0.6 is 0 Å². The molecule has 0 amide bonds. The molecule has 3 rings (SSSR count). The van der Waals surface area contributed by atoms with Gasteiger partial charge in [0, 0.05) is 32.6 Å². The molecule has 1 aromatic rings. The molecule has 1 aromatic heterocycles. The first-order valence-corrected chi connectivity index (χ1v) is 7.15. The summed E-state index contributed by atoms with van der Waals surface area (Å²) < 4.78 is 0. The Morgan fingerprint density at radius 1 is 1.40 bits per heavy atom. The zero-order chi connectivity index (χ0) is 14.1. The van der Waals surface area contributed by atoms with E-state index in [1.807, 2.05) is 0 Å². The van der Waals surface area contributed by atoms with Crippen molar-refractivity contribution in [3.05, 3.63) is 17.3 Å². The van der Waals surface area contributed by atoms with E-state index < -0.39 is 5.97 Å². The smallest absolute Gasteiger partial charge is 0.308 e. The first kappa shape index (κ1) is 13.3. The molecule has 2 aliphatic rings. The number of anilines is 1. The van der Waals surface area contributed by atoms with Crippen LogP contribution in [0.2, 0.25) is 0 Å². The average Bonchev–Trinajstić information content (AvgIpc) is 2.46. The Morgan fingerprint density at radius 3 is 3.05 bits per heavy atom. The molecule has 0 aliphatic carbocycles. The van der Waals surface area contributed by atoms with Gasteiger partial charge >= 0.3 is 5.97 Å². The van der Waals surface area contributed by atoms with Crippen molar-refractivity contribution in [2.45, 2.75) is 25.8 Å². The lowest BCUT2D eigenvalue weighted by Crippen LogP contribution is -2.39. The molecular weight excluding hydrogens is 256 g/mol. The molecule has 3 heterocycles. The quantitative estimate of drug-likeness (QED) is 0.860. The number of fused-ring (bicyclic) bond motifs is 1. The fourth-order valence-corrected chi connectivity index (χ4v) is 3.00. The predicted octanol–water partition coefficient (Wildman–Crippen LogP) is 0.765. The van der Waals surface area contributed by atoms with Crippen molar-refractivity contribution in [1.82, 2.24) is 15.1 Å². The van der Waals surface area contributed by atoms with Crippen LogP contribution in [0.1, 0.15) is 24.1 Å². The molecule has 0 radical (unpaired) electrons. The third-order valence-electron chi connectivity index (χ3n) is 4.21. The highest BCUT2D eigenvalue weighted by atomic mass is 16.4. The van der Waals surface area contributed by atoms with Crippen molar-refractivity contribution in [3.63, 3.8) is 0 Å². The zero-order valence-electron chi connectivity index (χ0n) is 11.7. The maximum Gasteiger partial charge on any atom is 0.308 e. The molecule has 1 N–H and O–H groups in total. The van der Waals surface area contributed by atoms with Crippen LogP contribution in [0.3, 0.4) is 0 Å². The lowest BCUT2D eigenvalue weighted by Gasteiger charge is -2.32. The summed E-state index contributed by atoms with van der Waals surface area (Å²) >= 11 is 0. The van der Waals surface area contributed by atoms with E-state index in [-0.39, 0.29) is 5.92 Å². The second kappa shape index (κ2) is 5.36. The first-order chi connectivity index (χ1) is 9.63. The van der Waals surface area contributed by atoms with Crippen molar-refractivity contribution in [1.29, 1.82) is 0 Å². The number of carboxylic acid groups (broad SMARTS) is 1. The van der Waals surface area contributed by atoms with Gasteiger partial charge in [0.1, 0.15) is 0 Å². The summed E-state index contributed by atoms with van der Waals surface area (Å²) in [6, 6.07) is 2.09. The van der Waals surface area contributed by atoms with Gasteiger partial charge < -0.3 is 14.9 Å². The van der Waals surface area contributed by atoms with Crippen molar-refractivity contribution >= 4 is 11.8 Å². The minimum Gasteiger partial charge on any atom is -0.481 e. The van der Waals surface area contributed by atoms with Gasteiger partial charge in [-0.25, -0.2) is 0 Å². The number of aliphatic carboxylic acids is 1. The highest BCUT2D eigenvalue weighted by molar-refractivity contribution is 5.71. The fourth-order valence-electron chi connectivity index (χ4n) is 3.00. The molecule has 20 heavy (non-hydrogen) atoms. The Hall–Kier alpha value is -1.69. The van der Waals surface area contributed by atoms with E-state index in [0.29, 0.717) is 6.54 Å². The molecule has 6 heteroatoms. The summed E-state index contributed by atoms with van der Waals surface area (Å²) in [6.07, 6.45) is 2.60. The van der Waals surface area contributed by atoms with Gasteiger partial charge in [0.25, 0.3) is 0 Å². The number of carboxylic acids is 1. The topological polar surface area (TPSA) is 69.6 Å². The van der Waals surface area contributed by atoms with E-state index in [1.54, 1.807) is 0 Å². The summed E-state index contributed by atoms with van der Waals surface area (Å²) in [5, 5.41) is 17.8. The van der Waals surface area contributed by atoms with Gasteiger partial charge in [0.2, 0.25) is 0 Å². The van der Waals surface area contributed by atoms with E-state index >= 15 is 0 Å². The normalized spacial score (nSPS) is 23.4. The zero-order valence-corrected chi connectivity index (χ0v) is 11.7. The van der Waals surface area contributed by atoms with Crippen LogP contribution in [0, 0.1) is 5.92 Å². The van der Waals surface area contributed by atoms with Crippen LogP contribution < -0.4 is 4.90 Å². The van der Waals surface area contributed by atoms with Gasteiger partial charge in [-0.05, 0) is 31.5 Å². The number of aromatic nitrogens is 2. The Kier molecular flexibility index (Phi) is 3.56. The summed E-state index contributed by atoms with van der Waals surface area (Å²) in [5.74, 6) is -0.172. The minimum absolute atomic E-state index is 0.288. The predicted molar refractivity (Wildman–Crippen MR) is 74.6 cm³/mol. The lowest BCUT2D eigenvalue weighted by molar-refractivity contribution is -0.141. The van der Waals surface area contributed by atoms with Gasteiger partial charge in [-0.2, -0.15) is 5.10 Å². The lowest BCUT2D eigenvalue weighted by atomic mass is 9.98. The summed E-state index contributed by atoms with van der Waals surface area (Å²) in [7, 11) is 2.10. The van der Waals surface area contributed by atoms with Gasteiger partial charge in [-0.1, -0.05) is 0 Å². The number of likely N-dealkylation sites (N-methyl/N-ethyl adjacent to an activating group) is 1. The molecule has 0 spiro atoms. The third kappa shape index (κ3) is 2.60. The largest absolute Gasteiger partial charge is 0.481 e. The second-order valence-electron chi connectivity index (χ2n) is 5.79. The van der Waals surface area contributed by atoms with Crippen molar-refractivity contribution in [3.8, 4) is 0 Å². The summed E-state index contributed by atoms with van der Waals surface area (Å²) in [5.41, 5.74) is 2.31. The number of nitrogens with zero attached hydrogens (tertiary/aromatic N) is 4. The van der Waals surface area contributed by atoms with E-state index in [1.165, 1.54) is 5.56 Å². The number of hydrogen-bond donors (Lipinski definition) is 1. The molecule has 108 valence electrons. The van der Waals surface area contributed by atoms with Crippen LogP contribution in [0.5, 0.6) is 0 Å². The van der Waals surface area contributed by atoms with Crippen molar-refractivity contribution in [2.75, 3.05) is 31.6 Å². The van der Waals surface area contributed by atoms with Gasteiger partial charge in [0.15, 0.2) is 5.82 Å². The SMILES string of the molecule is CN1CCc2nnc(N3CCCC(C(=O)O)C3)cc2C1. The van der Waals surface area contributed by atoms with E-state index in [2.05, 4.69) is 33.1 Å². The molecule has 0 aromatic carbocycles. The monoisotopic (exact) mass is 276 g/mol. The average molecular weight is 276 g/mol. The van der Waals surface area contributed by atoms with E-state index in [0.717, 1.165) is 50.4 Å². The Morgan fingerprint density at radius 2 is 2.25 bits per heavy atom. The number of rotatable bonds is 2. The summed E-state index contributed by atoms with van der Waals surface area (Å²) in [6.45, 7) is 3.33. The molecular formula is C14H20N4O2. The molecule has 1 atom stereocenters. The third-order valence-corrected chi connectivity index (χ3v) is 4.21. The Labute approximate surface area is 118 Å². The summed E-state index contributed by atoms with van der Waals surface area (Å²) in [4.78, 5) is 15.5. The molecule has 2 aliphatic heterocycles. The minimum atomic E-state index is -0.708. The fraction of sp³-hybridized carbons (Fsp3) is 0.643. The highest BCUT2D eigenvalue weighted by Gasteiger charge is 2.27. The van der Waals surface area contributed by atoms with Crippen LogP contribution in [0.4, 0.5) is 5.82 Å². The maximum atomic E-state index is 11.1. The van der Waals surface area contributed by atoms with Crippen LogP contribution in [0.25, 0.3) is 0 Å². The second-order valence-corrected chi connectivity index (χ2v) is 5.79. The van der Waals surface area contributed by atoms with Crippen LogP contribution in [-0.2, 0) is 17.8 Å². The highest BCUT2D eigenvalue weighted by Crippen LogP contribution is 2.24. The van der Waals surface area contributed by atoms with Gasteiger partial charge in [-0.3, -0.25) is 4.79 Å². The molecule has 1 saturated heterocycles. The van der Waals surface area contributed by atoms with E-state index in [9.17, 15) is 4.79 Å². The van der Waals surface area contributed by atoms with Crippen molar-refractivity contribution in [2.24, 2.45) is 5.92 Å². The standard InChI is InChI=1S/C14H20N4O2/c1-17-6-4-12-11(8-17)7-13(16-15-12)18-5-2-3-10(9-18)14(19)20/h7,10H,2-6,8-9H2,1H3,(H,19,20). The first-order valence-electron chi connectivity index (χ1n) is 7.15. The number of hydrogen-bond acceptors (Lipinski definition) is 5. The Balaban J connectivity index is 1.80. The molecule has 0 saturated carbocycles.